The highest BCUT2D eigenvalue weighted by atomic mass is 19.1. The molecule has 2 unspecified atom stereocenters. The number of piperidine rings is 1. The topological polar surface area (TPSA) is 53.0 Å². The molecule has 0 aromatic heterocycles. The first-order valence-electron chi connectivity index (χ1n) is 5.41. The number of nitriles is 1. The van der Waals surface area contributed by atoms with Gasteiger partial charge in [-0.25, -0.2) is 4.39 Å². The molecule has 1 heterocycles. The molecule has 0 spiro atoms. The van der Waals surface area contributed by atoms with Crippen molar-refractivity contribution in [3.8, 4) is 6.07 Å². The minimum absolute atomic E-state index is 0.102. The quantitative estimate of drug-likeness (QED) is 0.766. The summed E-state index contributed by atoms with van der Waals surface area (Å²) < 4.78 is 13.4. The number of rotatable bonds is 1. The van der Waals surface area contributed by atoms with Gasteiger partial charge in [-0.05, 0) is 30.0 Å². The molecular formula is C12H12FN3. The van der Waals surface area contributed by atoms with Crippen molar-refractivity contribution in [3.63, 3.8) is 0 Å². The second kappa shape index (κ2) is 3.19. The molecular weight excluding hydrogens is 205 g/mol. The number of benzene rings is 1. The van der Waals surface area contributed by atoms with Crippen LogP contribution in [0.2, 0.25) is 0 Å². The smallest absolute Gasteiger partial charge is 0.143 e. The van der Waals surface area contributed by atoms with Gasteiger partial charge >= 0.3 is 0 Å². The Morgan fingerprint density at radius 2 is 2.06 bits per heavy atom. The third kappa shape index (κ3) is 1.29. The van der Waals surface area contributed by atoms with E-state index in [1.165, 1.54) is 12.1 Å². The lowest BCUT2D eigenvalue weighted by molar-refractivity contribution is 0.622. The maximum Gasteiger partial charge on any atom is 0.143 e. The van der Waals surface area contributed by atoms with Crippen LogP contribution in [0.4, 0.5) is 10.1 Å². The van der Waals surface area contributed by atoms with E-state index in [0.29, 0.717) is 17.9 Å². The van der Waals surface area contributed by atoms with Gasteiger partial charge in [-0.3, -0.25) is 0 Å². The maximum absolute atomic E-state index is 13.4. The monoisotopic (exact) mass is 217 g/mol. The minimum atomic E-state index is -0.440. The number of fused-ring (bicyclic) bond motifs is 1. The fraction of sp³-hybridized carbons (Fsp3) is 0.417. The number of hydrogen-bond donors (Lipinski definition) is 1. The Kier molecular flexibility index (Phi) is 1.92. The number of anilines is 1. The first-order chi connectivity index (χ1) is 7.70. The van der Waals surface area contributed by atoms with E-state index in [-0.39, 0.29) is 5.56 Å². The predicted octanol–water partition coefficient (Wildman–Crippen LogP) is 1.09. The highest BCUT2D eigenvalue weighted by molar-refractivity contribution is 5.52. The predicted molar refractivity (Wildman–Crippen MR) is 58.3 cm³/mol. The van der Waals surface area contributed by atoms with E-state index in [1.54, 1.807) is 6.07 Å². The zero-order valence-corrected chi connectivity index (χ0v) is 8.73. The average molecular weight is 217 g/mol. The molecule has 4 heteroatoms. The van der Waals surface area contributed by atoms with Gasteiger partial charge in [0, 0.05) is 24.8 Å². The van der Waals surface area contributed by atoms with Gasteiger partial charge in [-0.15, -0.1) is 0 Å². The Hall–Kier alpha value is -1.60. The Balaban J connectivity index is 1.81. The van der Waals surface area contributed by atoms with Crippen molar-refractivity contribution in [1.82, 2.24) is 0 Å². The lowest BCUT2D eigenvalue weighted by Gasteiger charge is -2.21. The van der Waals surface area contributed by atoms with Crippen molar-refractivity contribution in [3.05, 3.63) is 29.6 Å². The molecule has 2 aliphatic rings. The summed E-state index contributed by atoms with van der Waals surface area (Å²) in [5.74, 6) is 0.724. The van der Waals surface area contributed by atoms with Crippen LogP contribution < -0.4 is 10.6 Å². The van der Waals surface area contributed by atoms with Crippen LogP contribution in [0.25, 0.3) is 0 Å². The second-order valence-electron chi connectivity index (χ2n) is 4.59. The zero-order chi connectivity index (χ0) is 11.3. The summed E-state index contributed by atoms with van der Waals surface area (Å²) in [7, 11) is 0. The summed E-state index contributed by atoms with van der Waals surface area (Å²) in [6.45, 7) is 1.83. The molecule has 3 nitrogen and oxygen atoms in total. The summed E-state index contributed by atoms with van der Waals surface area (Å²) in [6, 6.07) is 6.95. The van der Waals surface area contributed by atoms with Crippen LogP contribution in [0.15, 0.2) is 18.2 Å². The molecule has 1 aromatic rings. The molecule has 82 valence electrons. The average Bonchev–Trinajstić information content (AvgIpc) is 2.75. The van der Waals surface area contributed by atoms with Gasteiger partial charge in [0.1, 0.15) is 11.9 Å². The molecule has 1 aliphatic carbocycles. The molecule has 0 bridgehead atoms. The Morgan fingerprint density at radius 1 is 1.38 bits per heavy atom. The number of nitrogens with zero attached hydrogens (tertiary/aromatic N) is 2. The second-order valence-corrected chi connectivity index (χ2v) is 4.59. The van der Waals surface area contributed by atoms with Gasteiger partial charge in [0.2, 0.25) is 0 Å². The van der Waals surface area contributed by atoms with Gasteiger partial charge < -0.3 is 10.6 Å². The molecule has 0 amide bonds. The first-order valence-corrected chi connectivity index (χ1v) is 5.41. The van der Waals surface area contributed by atoms with Crippen LogP contribution in [0.1, 0.15) is 5.56 Å². The van der Waals surface area contributed by atoms with Crippen molar-refractivity contribution in [2.24, 2.45) is 17.6 Å². The van der Waals surface area contributed by atoms with Crippen molar-refractivity contribution < 1.29 is 4.39 Å². The first kappa shape index (κ1) is 9.61. The third-order valence-corrected chi connectivity index (χ3v) is 3.70. The van der Waals surface area contributed by atoms with Crippen LogP contribution in [-0.4, -0.2) is 19.1 Å². The fourth-order valence-electron chi connectivity index (χ4n) is 2.57. The van der Waals surface area contributed by atoms with Crippen molar-refractivity contribution >= 4 is 5.69 Å². The van der Waals surface area contributed by atoms with Crippen LogP contribution in [0, 0.1) is 29.0 Å². The normalized spacial score (nSPS) is 31.1. The molecule has 1 saturated carbocycles. The van der Waals surface area contributed by atoms with Gasteiger partial charge in [0.25, 0.3) is 0 Å². The number of hydrogen-bond acceptors (Lipinski definition) is 3. The third-order valence-electron chi connectivity index (χ3n) is 3.70. The highest BCUT2D eigenvalue weighted by Gasteiger charge is 2.53. The van der Waals surface area contributed by atoms with Gasteiger partial charge in [0.05, 0.1) is 5.56 Å². The van der Waals surface area contributed by atoms with Gasteiger partial charge in [0.15, 0.2) is 0 Å². The van der Waals surface area contributed by atoms with Gasteiger partial charge in [-0.2, -0.15) is 5.26 Å². The standard InChI is InChI=1S/C12H12FN3/c13-11-3-8(2-1-7(11)4-14)16-5-9-10(6-16)12(9)15/h1-3,9-10,12H,5-6,15H2. The van der Waals surface area contributed by atoms with E-state index in [4.69, 9.17) is 11.0 Å². The van der Waals surface area contributed by atoms with E-state index < -0.39 is 5.82 Å². The number of halogens is 1. The molecule has 3 rings (SSSR count). The molecule has 1 saturated heterocycles. The number of nitrogens with two attached hydrogens (primary N) is 1. The summed E-state index contributed by atoms with van der Waals surface area (Å²) in [4.78, 5) is 2.14. The minimum Gasteiger partial charge on any atom is -0.371 e. The van der Waals surface area contributed by atoms with Crippen molar-refractivity contribution in [2.45, 2.75) is 6.04 Å². The van der Waals surface area contributed by atoms with Crippen molar-refractivity contribution in [2.75, 3.05) is 18.0 Å². The van der Waals surface area contributed by atoms with E-state index in [0.717, 1.165) is 18.8 Å². The molecule has 1 aromatic carbocycles. The SMILES string of the molecule is N#Cc1ccc(N2CC3C(N)C3C2)cc1F. The van der Waals surface area contributed by atoms with Crippen LogP contribution >= 0.6 is 0 Å². The van der Waals surface area contributed by atoms with Crippen molar-refractivity contribution in [1.29, 1.82) is 5.26 Å². The van der Waals surface area contributed by atoms with E-state index in [2.05, 4.69) is 4.90 Å². The Bertz CT molecular complexity index is 468. The molecule has 2 N–H and O–H groups in total. The summed E-state index contributed by atoms with van der Waals surface area (Å²) in [6.07, 6.45) is 0. The largest absolute Gasteiger partial charge is 0.371 e. The zero-order valence-electron chi connectivity index (χ0n) is 8.73. The Labute approximate surface area is 93.3 Å². The van der Waals surface area contributed by atoms with Gasteiger partial charge in [-0.1, -0.05) is 0 Å². The Morgan fingerprint density at radius 3 is 2.62 bits per heavy atom. The maximum atomic E-state index is 13.4. The lowest BCUT2D eigenvalue weighted by atomic mass is 10.2. The lowest BCUT2D eigenvalue weighted by Crippen LogP contribution is -2.27. The summed E-state index contributed by atoms with van der Waals surface area (Å²) >= 11 is 0. The van der Waals surface area contributed by atoms with E-state index in [1.807, 2.05) is 6.07 Å². The summed E-state index contributed by atoms with van der Waals surface area (Å²) in [5.41, 5.74) is 6.80. The molecule has 2 fully saturated rings. The molecule has 2 atom stereocenters. The molecule has 16 heavy (non-hydrogen) atoms. The van der Waals surface area contributed by atoms with Crippen LogP contribution in [-0.2, 0) is 0 Å². The fourth-order valence-corrected chi connectivity index (χ4v) is 2.57. The van der Waals surface area contributed by atoms with E-state index in [9.17, 15) is 4.39 Å². The van der Waals surface area contributed by atoms with Crippen LogP contribution in [0.3, 0.4) is 0 Å². The highest BCUT2D eigenvalue weighted by Crippen LogP contribution is 2.45. The van der Waals surface area contributed by atoms with E-state index >= 15 is 0 Å². The molecule has 0 radical (unpaired) electrons. The molecule has 1 aliphatic heterocycles. The summed E-state index contributed by atoms with van der Waals surface area (Å²) in [5, 5.41) is 8.64. The van der Waals surface area contributed by atoms with Crippen LogP contribution in [0.5, 0.6) is 0 Å².